The molecule has 1 aliphatic heterocycles. The quantitative estimate of drug-likeness (QED) is 0.771. The first-order valence-electron chi connectivity index (χ1n) is 6.28. The van der Waals surface area contributed by atoms with Crippen LogP contribution in [0.4, 0.5) is 0 Å². The number of hydrogen-bond acceptors (Lipinski definition) is 3. The molecule has 1 aliphatic rings. The second-order valence-electron chi connectivity index (χ2n) is 4.35. The third kappa shape index (κ3) is 4.09. The molecular weight excluding hydrogens is 273 g/mol. The molecule has 1 atom stereocenters. The molecule has 18 heavy (non-hydrogen) atoms. The molecule has 0 saturated carbocycles. The lowest BCUT2D eigenvalue weighted by Gasteiger charge is -2.22. The van der Waals surface area contributed by atoms with Crippen LogP contribution < -0.4 is 0 Å². The molecule has 2 heterocycles. The van der Waals surface area contributed by atoms with Crippen molar-refractivity contribution in [1.82, 2.24) is 4.98 Å². The molecule has 1 fully saturated rings. The number of hydrogen-bond donors (Lipinski definition) is 0. The first-order chi connectivity index (χ1) is 8.77. The molecule has 0 aliphatic carbocycles. The summed E-state index contributed by atoms with van der Waals surface area (Å²) in [5.74, 6) is 0. The summed E-state index contributed by atoms with van der Waals surface area (Å²) in [6, 6.07) is 0. The fourth-order valence-corrected chi connectivity index (χ4v) is 2.54. The first kappa shape index (κ1) is 14.1. The van der Waals surface area contributed by atoms with Gasteiger partial charge in [0.15, 0.2) is 6.29 Å². The van der Waals surface area contributed by atoms with Crippen molar-refractivity contribution >= 4 is 23.2 Å². The second kappa shape index (κ2) is 7.29. The van der Waals surface area contributed by atoms with E-state index in [4.69, 9.17) is 32.7 Å². The molecule has 0 amide bonds. The Morgan fingerprint density at radius 2 is 2.06 bits per heavy atom. The van der Waals surface area contributed by atoms with Crippen molar-refractivity contribution in [2.24, 2.45) is 0 Å². The molecule has 100 valence electrons. The lowest BCUT2D eigenvalue weighted by Crippen LogP contribution is -2.22. The van der Waals surface area contributed by atoms with Gasteiger partial charge in [-0.1, -0.05) is 23.2 Å². The summed E-state index contributed by atoms with van der Waals surface area (Å²) < 4.78 is 11.2. The fourth-order valence-electron chi connectivity index (χ4n) is 1.98. The highest BCUT2D eigenvalue weighted by Gasteiger charge is 2.13. The lowest BCUT2D eigenvalue weighted by molar-refractivity contribution is -0.162. The van der Waals surface area contributed by atoms with E-state index < -0.39 is 0 Å². The van der Waals surface area contributed by atoms with Crippen molar-refractivity contribution in [3.8, 4) is 0 Å². The minimum Gasteiger partial charge on any atom is -0.353 e. The van der Waals surface area contributed by atoms with E-state index in [9.17, 15) is 0 Å². The molecule has 5 heteroatoms. The molecule has 3 nitrogen and oxygen atoms in total. The summed E-state index contributed by atoms with van der Waals surface area (Å²) in [4.78, 5) is 3.93. The van der Waals surface area contributed by atoms with E-state index >= 15 is 0 Å². The van der Waals surface area contributed by atoms with E-state index in [2.05, 4.69) is 4.98 Å². The third-order valence-electron chi connectivity index (χ3n) is 2.97. The Labute approximate surface area is 117 Å². The smallest absolute Gasteiger partial charge is 0.157 e. The van der Waals surface area contributed by atoms with Crippen molar-refractivity contribution < 1.29 is 9.47 Å². The zero-order valence-electron chi connectivity index (χ0n) is 10.2. The van der Waals surface area contributed by atoms with E-state index in [1.54, 1.807) is 12.4 Å². The fraction of sp³-hybridized carbons (Fsp3) is 0.615. The van der Waals surface area contributed by atoms with Gasteiger partial charge < -0.3 is 9.47 Å². The number of nitrogens with zero attached hydrogens (tertiary/aromatic N) is 1. The van der Waals surface area contributed by atoms with Gasteiger partial charge in [0.25, 0.3) is 0 Å². The predicted octanol–water partition coefficient (Wildman–Crippen LogP) is 3.86. The highest BCUT2D eigenvalue weighted by atomic mass is 35.5. The molecule has 1 aromatic rings. The topological polar surface area (TPSA) is 31.4 Å². The number of aromatic nitrogens is 1. The maximum atomic E-state index is 6.04. The Kier molecular flexibility index (Phi) is 5.70. The van der Waals surface area contributed by atoms with Gasteiger partial charge in [0.05, 0.1) is 16.7 Å². The van der Waals surface area contributed by atoms with Crippen molar-refractivity contribution in [3.05, 3.63) is 28.0 Å². The molecule has 1 aromatic heterocycles. The van der Waals surface area contributed by atoms with Crippen LogP contribution in [0.25, 0.3) is 0 Å². The van der Waals surface area contributed by atoms with Gasteiger partial charge in [0, 0.05) is 19.0 Å². The van der Waals surface area contributed by atoms with Crippen LogP contribution in [-0.4, -0.2) is 24.5 Å². The maximum Gasteiger partial charge on any atom is 0.157 e. The van der Waals surface area contributed by atoms with Crippen LogP contribution in [0.3, 0.4) is 0 Å². The Morgan fingerprint density at radius 3 is 2.72 bits per heavy atom. The Hall–Kier alpha value is -0.350. The van der Waals surface area contributed by atoms with Gasteiger partial charge in [-0.2, -0.15) is 0 Å². The molecule has 0 aromatic carbocycles. The van der Waals surface area contributed by atoms with Gasteiger partial charge in [0.2, 0.25) is 0 Å². The average molecular weight is 290 g/mol. The van der Waals surface area contributed by atoms with E-state index in [0.29, 0.717) is 16.7 Å². The lowest BCUT2D eigenvalue weighted by atomic mass is 10.1. The van der Waals surface area contributed by atoms with Crippen molar-refractivity contribution in [2.75, 3.05) is 13.2 Å². The highest BCUT2D eigenvalue weighted by Crippen LogP contribution is 2.24. The number of pyridine rings is 1. The SMILES string of the molecule is Clc1cncc(Cl)c1CCCOC1CCCCO1. The van der Waals surface area contributed by atoms with Gasteiger partial charge in [0.1, 0.15) is 0 Å². The Morgan fingerprint density at radius 1 is 1.28 bits per heavy atom. The largest absolute Gasteiger partial charge is 0.353 e. The van der Waals surface area contributed by atoms with Gasteiger partial charge in [-0.15, -0.1) is 0 Å². The minimum atomic E-state index is -0.0258. The average Bonchev–Trinajstić information content (AvgIpc) is 2.38. The van der Waals surface area contributed by atoms with Gasteiger partial charge in [-0.3, -0.25) is 4.98 Å². The molecule has 2 rings (SSSR count). The summed E-state index contributed by atoms with van der Waals surface area (Å²) in [6.07, 6.45) is 8.21. The van der Waals surface area contributed by atoms with Gasteiger partial charge in [-0.25, -0.2) is 0 Å². The van der Waals surface area contributed by atoms with Gasteiger partial charge in [-0.05, 0) is 37.7 Å². The van der Waals surface area contributed by atoms with Crippen LogP contribution in [0.2, 0.25) is 10.0 Å². The van der Waals surface area contributed by atoms with E-state index in [1.807, 2.05) is 0 Å². The highest BCUT2D eigenvalue weighted by molar-refractivity contribution is 6.35. The maximum absolute atomic E-state index is 6.04. The monoisotopic (exact) mass is 289 g/mol. The van der Waals surface area contributed by atoms with Crippen LogP contribution in [0.5, 0.6) is 0 Å². The zero-order chi connectivity index (χ0) is 12.8. The van der Waals surface area contributed by atoms with Crippen LogP contribution in [0.1, 0.15) is 31.2 Å². The standard InChI is InChI=1S/C13H17Cl2NO2/c14-11-8-16-9-12(15)10(11)4-3-7-18-13-5-1-2-6-17-13/h8-9,13H,1-7H2. The number of ether oxygens (including phenoxy) is 2. The minimum absolute atomic E-state index is 0.0258. The molecule has 0 N–H and O–H groups in total. The molecule has 0 bridgehead atoms. The van der Waals surface area contributed by atoms with E-state index in [0.717, 1.165) is 37.9 Å². The molecule has 0 radical (unpaired) electrons. The van der Waals surface area contributed by atoms with Crippen molar-refractivity contribution in [1.29, 1.82) is 0 Å². The summed E-state index contributed by atoms with van der Waals surface area (Å²) >= 11 is 12.1. The molecular formula is C13H17Cl2NO2. The van der Waals surface area contributed by atoms with Crippen LogP contribution in [0, 0.1) is 0 Å². The first-order valence-corrected chi connectivity index (χ1v) is 7.04. The van der Waals surface area contributed by atoms with E-state index in [1.165, 1.54) is 6.42 Å². The van der Waals surface area contributed by atoms with Crippen LogP contribution in [0.15, 0.2) is 12.4 Å². The second-order valence-corrected chi connectivity index (χ2v) is 5.17. The summed E-state index contributed by atoms with van der Waals surface area (Å²) in [5.41, 5.74) is 0.946. The van der Waals surface area contributed by atoms with Crippen LogP contribution >= 0.6 is 23.2 Å². The normalized spacial score (nSPS) is 20.0. The predicted molar refractivity (Wildman–Crippen MR) is 72.1 cm³/mol. The van der Waals surface area contributed by atoms with Crippen LogP contribution in [-0.2, 0) is 15.9 Å². The summed E-state index contributed by atoms with van der Waals surface area (Å²) in [5, 5.41) is 1.24. The molecule has 1 unspecified atom stereocenters. The van der Waals surface area contributed by atoms with Crippen molar-refractivity contribution in [2.45, 2.75) is 38.4 Å². The number of rotatable bonds is 5. The van der Waals surface area contributed by atoms with E-state index in [-0.39, 0.29) is 6.29 Å². The third-order valence-corrected chi connectivity index (χ3v) is 3.62. The van der Waals surface area contributed by atoms with Crippen molar-refractivity contribution in [3.63, 3.8) is 0 Å². The summed E-state index contributed by atoms with van der Waals surface area (Å²) in [7, 11) is 0. The van der Waals surface area contributed by atoms with Gasteiger partial charge >= 0.3 is 0 Å². The Bertz CT molecular complexity index is 361. The molecule has 1 saturated heterocycles. The Balaban J connectivity index is 1.71. The molecule has 0 spiro atoms. The number of halogens is 2. The summed E-state index contributed by atoms with van der Waals surface area (Å²) in [6.45, 7) is 1.48. The zero-order valence-corrected chi connectivity index (χ0v) is 11.7.